The van der Waals surface area contributed by atoms with Gasteiger partial charge in [0.05, 0.1) is 17.4 Å². The lowest BCUT2D eigenvalue weighted by Gasteiger charge is -2.15. The summed E-state index contributed by atoms with van der Waals surface area (Å²) in [7, 11) is 0. The van der Waals surface area contributed by atoms with E-state index in [1.54, 1.807) is 6.20 Å². The molecule has 1 aliphatic heterocycles. The fourth-order valence-electron chi connectivity index (χ4n) is 1.46. The Labute approximate surface area is 83.4 Å². The Morgan fingerprint density at radius 1 is 1.43 bits per heavy atom. The third-order valence-corrected chi connectivity index (χ3v) is 2.21. The molecule has 1 aromatic rings. The van der Waals surface area contributed by atoms with Crippen molar-refractivity contribution in [3.8, 4) is 0 Å². The first-order valence-corrected chi connectivity index (χ1v) is 4.72. The Morgan fingerprint density at radius 2 is 2.29 bits per heavy atom. The van der Waals surface area contributed by atoms with Crippen molar-refractivity contribution in [3.63, 3.8) is 0 Å². The number of aromatic nitrogens is 1. The number of dihydropyridines is 1. The summed E-state index contributed by atoms with van der Waals surface area (Å²) in [5.74, 6) is 0. The van der Waals surface area contributed by atoms with Crippen molar-refractivity contribution in [1.82, 2.24) is 4.98 Å². The predicted octanol–water partition coefficient (Wildman–Crippen LogP) is 1.51. The predicted molar refractivity (Wildman–Crippen MR) is 57.1 cm³/mol. The van der Waals surface area contributed by atoms with Gasteiger partial charge >= 0.3 is 0 Å². The molecule has 0 bridgehead atoms. The van der Waals surface area contributed by atoms with Gasteiger partial charge in [-0.1, -0.05) is 12.1 Å². The molecule has 2 N–H and O–H groups in total. The molecule has 2 rings (SSSR count). The van der Waals surface area contributed by atoms with Crippen molar-refractivity contribution in [2.75, 3.05) is 0 Å². The summed E-state index contributed by atoms with van der Waals surface area (Å²) in [6.45, 7) is 2.08. The largest absolute Gasteiger partial charge is 0.397 e. The Morgan fingerprint density at radius 3 is 3.00 bits per heavy atom. The maximum atomic E-state index is 5.86. The summed E-state index contributed by atoms with van der Waals surface area (Å²) in [6.07, 6.45) is 4.69. The summed E-state index contributed by atoms with van der Waals surface area (Å²) in [5.41, 5.74) is 8.28. The van der Waals surface area contributed by atoms with Crippen molar-refractivity contribution in [3.05, 3.63) is 41.9 Å². The van der Waals surface area contributed by atoms with Crippen LogP contribution in [0.4, 0.5) is 0 Å². The smallest absolute Gasteiger partial charge is 0.106 e. The van der Waals surface area contributed by atoms with E-state index in [1.165, 1.54) is 0 Å². The zero-order valence-corrected chi connectivity index (χ0v) is 8.14. The Bertz CT molecular complexity index is 379. The molecule has 72 valence electrons. The lowest BCUT2D eigenvalue weighted by Crippen LogP contribution is -2.20. The Kier molecular flexibility index (Phi) is 2.31. The van der Waals surface area contributed by atoms with Gasteiger partial charge in [0.25, 0.3) is 0 Å². The van der Waals surface area contributed by atoms with Crippen LogP contribution in [-0.2, 0) is 0 Å². The average molecular weight is 187 g/mol. The SMILES string of the molecule is CC1CC=C(N)C(c2ccccn2)=N1. The summed E-state index contributed by atoms with van der Waals surface area (Å²) in [5, 5.41) is 0. The molecular formula is C11H13N3. The number of aliphatic imine (C=N–C) groups is 1. The molecule has 2 heterocycles. The number of hydrogen-bond donors (Lipinski definition) is 1. The van der Waals surface area contributed by atoms with Crippen molar-refractivity contribution in [2.24, 2.45) is 10.7 Å². The number of hydrogen-bond acceptors (Lipinski definition) is 3. The van der Waals surface area contributed by atoms with E-state index >= 15 is 0 Å². The maximum Gasteiger partial charge on any atom is 0.106 e. The van der Waals surface area contributed by atoms with Crippen molar-refractivity contribution in [2.45, 2.75) is 19.4 Å². The second kappa shape index (κ2) is 3.62. The molecule has 0 aliphatic carbocycles. The minimum Gasteiger partial charge on any atom is -0.397 e. The summed E-state index contributed by atoms with van der Waals surface area (Å²) >= 11 is 0. The molecule has 0 saturated heterocycles. The molecular weight excluding hydrogens is 174 g/mol. The molecule has 0 spiro atoms. The van der Waals surface area contributed by atoms with E-state index in [9.17, 15) is 0 Å². The van der Waals surface area contributed by atoms with E-state index in [0.29, 0.717) is 6.04 Å². The van der Waals surface area contributed by atoms with Crippen LogP contribution in [0, 0.1) is 0 Å². The third kappa shape index (κ3) is 1.66. The standard InChI is InChI=1S/C11H13N3/c1-8-5-6-9(12)11(14-8)10-4-2-3-7-13-10/h2-4,6-8H,5,12H2,1H3. The average Bonchev–Trinajstić information content (AvgIpc) is 2.23. The first-order chi connectivity index (χ1) is 6.77. The topological polar surface area (TPSA) is 51.3 Å². The highest BCUT2D eigenvalue weighted by Gasteiger charge is 2.13. The minimum absolute atomic E-state index is 0.305. The molecule has 1 aliphatic rings. The van der Waals surface area contributed by atoms with E-state index < -0.39 is 0 Å². The second-order valence-corrected chi connectivity index (χ2v) is 3.44. The number of allylic oxidation sites excluding steroid dienone is 1. The number of nitrogens with zero attached hydrogens (tertiary/aromatic N) is 2. The maximum absolute atomic E-state index is 5.86. The molecule has 0 amide bonds. The quantitative estimate of drug-likeness (QED) is 0.724. The van der Waals surface area contributed by atoms with E-state index in [2.05, 4.69) is 16.9 Å². The van der Waals surface area contributed by atoms with Gasteiger partial charge in [0.1, 0.15) is 5.71 Å². The first-order valence-electron chi connectivity index (χ1n) is 4.72. The van der Waals surface area contributed by atoms with E-state index in [4.69, 9.17) is 5.73 Å². The summed E-state index contributed by atoms with van der Waals surface area (Å²) in [4.78, 5) is 8.73. The number of pyridine rings is 1. The van der Waals surface area contributed by atoms with Crippen LogP contribution in [0.15, 0.2) is 41.2 Å². The van der Waals surface area contributed by atoms with Gasteiger partial charge in [-0.15, -0.1) is 0 Å². The van der Waals surface area contributed by atoms with Gasteiger partial charge in [-0.3, -0.25) is 9.98 Å². The highest BCUT2D eigenvalue weighted by atomic mass is 14.9. The lowest BCUT2D eigenvalue weighted by atomic mass is 10.1. The number of nitrogens with two attached hydrogens (primary N) is 1. The van der Waals surface area contributed by atoms with Gasteiger partial charge in [0, 0.05) is 6.20 Å². The van der Waals surface area contributed by atoms with Gasteiger partial charge in [-0.25, -0.2) is 0 Å². The van der Waals surface area contributed by atoms with Gasteiger partial charge in [0.2, 0.25) is 0 Å². The molecule has 0 saturated carbocycles. The minimum atomic E-state index is 0.305. The Balaban J connectivity index is 2.39. The van der Waals surface area contributed by atoms with Crippen LogP contribution >= 0.6 is 0 Å². The van der Waals surface area contributed by atoms with Crippen LogP contribution < -0.4 is 5.73 Å². The van der Waals surface area contributed by atoms with Crippen molar-refractivity contribution < 1.29 is 0 Å². The third-order valence-electron chi connectivity index (χ3n) is 2.21. The van der Waals surface area contributed by atoms with E-state index in [0.717, 1.165) is 23.5 Å². The summed E-state index contributed by atoms with van der Waals surface area (Å²) < 4.78 is 0. The van der Waals surface area contributed by atoms with Crippen LogP contribution in [0.5, 0.6) is 0 Å². The van der Waals surface area contributed by atoms with Gasteiger partial charge < -0.3 is 5.73 Å². The molecule has 1 unspecified atom stereocenters. The van der Waals surface area contributed by atoms with Crippen LogP contribution in [0.2, 0.25) is 0 Å². The molecule has 0 fully saturated rings. The van der Waals surface area contributed by atoms with Crippen molar-refractivity contribution >= 4 is 5.71 Å². The van der Waals surface area contributed by atoms with Gasteiger partial charge in [-0.2, -0.15) is 0 Å². The van der Waals surface area contributed by atoms with Crippen LogP contribution in [0.1, 0.15) is 19.0 Å². The monoisotopic (exact) mass is 187 g/mol. The fraction of sp³-hybridized carbons (Fsp3) is 0.273. The van der Waals surface area contributed by atoms with Gasteiger partial charge in [0.15, 0.2) is 0 Å². The van der Waals surface area contributed by atoms with Crippen LogP contribution in [-0.4, -0.2) is 16.7 Å². The second-order valence-electron chi connectivity index (χ2n) is 3.44. The molecule has 14 heavy (non-hydrogen) atoms. The van der Waals surface area contributed by atoms with Gasteiger partial charge in [-0.05, 0) is 25.5 Å². The molecule has 0 aromatic carbocycles. The van der Waals surface area contributed by atoms with E-state index in [1.807, 2.05) is 24.3 Å². The fourth-order valence-corrected chi connectivity index (χ4v) is 1.46. The lowest BCUT2D eigenvalue weighted by molar-refractivity contribution is 0.745. The molecule has 3 heteroatoms. The van der Waals surface area contributed by atoms with Crippen LogP contribution in [0.3, 0.4) is 0 Å². The normalized spacial score (nSPS) is 21.4. The number of rotatable bonds is 1. The van der Waals surface area contributed by atoms with Crippen molar-refractivity contribution in [1.29, 1.82) is 0 Å². The molecule has 3 nitrogen and oxygen atoms in total. The first kappa shape index (κ1) is 8.94. The van der Waals surface area contributed by atoms with Crippen LogP contribution in [0.25, 0.3) is 0 Å². The highest BCUT2D eigenvalue weighted by Crippen LogP contribution is 2.13. The highest BCUT2D eigenvalue weighted by molar-refractivity contribution is 6.11. The zero-order chi connectivity index (χ0) is 9.97. The zero-order valence-electron chi connectivity index (χ0n) is 8.14. The molecule has 1 atom stereocenters. The molecule has 1 aromatic heterocycles. The Hall–Kier alpha value is -1.64. The summed E-state index contributed by atoms with van der Waals surface area (Å²) in [6, 6.07) is 6.06. The molecule has 0 radical (unpaired) electrons. The van der Waals surface area contributed by atoms with E-state index in [-0.39, 0.29) is 0 Å².